The molecule has 0 spiro atoms. The van der Waals surface area contributed by atoms with Gasteiger partial charge in [0.15, 0.2) is 0 Å². The predicted molar refractivity (Wildman–Crippen MR) is 47.9 cm³/mol. The highest BCUT2D eigenvalue weighted by atomic mass is 16.3. The predicted octanol–water partition coefficient (Wildman–Crippen LogP) is 0.0715. The van der Waals surface area contributed by atoms with Gasteiger partial charge in [-0.05, 0) is 25.3 Å². The summed E-state index contributed by atoms with van der Waals surface area (Å²) in [6.45, 7) is 4.54. The molecular formula is C9H19NO2. The van der Waals surface area contributed by atoms with E-state index >= 15 is 0 Å². The summed E-state index contributed by atoms with van der Waals surface area (Å²) in [5.74, 6) is 0.331. The van der Waals surface area contributed by atoms with Crippen molar-refractivity contribution < 1.29 is 10.2 Å². The van der Waals surface area contributed by atoms with Gasteiger partial charge in [-0.3, -0.25) is 4.90 Å². The molecule has 0 bridgehead atoms. The minimum Gasteiger partial charge on any atom is -0.396 e. The van der Waals surface area contributed by atoms with Crippen LogP contribution in [0.4, 0.5) is 0 Å². The quantitative estimate of drug-likeness (QED) is 0.632. The molecule has 12 heavy (non-hydrogen) atoms. The number of rotatable bonds is 4. The fourth-order valence-corrected chi connectivity index (χ4v) is 1.80. The normalized spacial score (nSPS) is 27.8. The Balaban J connectivity index is 2.30. The van der Waals surface area contributed by atoms with Gasteiger partial charge in [0.2, 0.25) is 0 Å². The van der Waals surface area contributed by atoms with E-state index in [2.05, 4.69) is 4.90 Å². The van der Waals surface area contributed by atoms with Gasteiger partial charge in [0.1, 0.15) is 0 Å². The molecule has 0 aromatic rings. The average Bonchev–Trinajstić information content (AvgIpc) is 2.51. The first-order valence-corrected chi connectivity index (χ1v) is 4.73. The van der Waals surface area contributed by atoms with E-state index in [0.29, 0.717) is 12.0 Å². The zero-order valence-corrected chi connectivity index (χ0v) is 7.74. The lowest BCUT2D eigenvalue weighted by Gasteiger charge is -2.24. The van der Waals surface area contributed by atoms with Crippen molar-refractivity contribution in [3.05, 3.63) is 0 Å². The zero-order valence-electron chi connectivity index (χ0n) is 7.74. The SMILES string of the molecule is CC(CO)CN1CCCC1CO. The molecule has 1 heterocycles. The van der Waals surface area contributed by atoms with Crippen LogP contribution in [0, 0.1) is 5.92 Å². The summed E-state index contributed by atoms with van der Waals surface area (Å²) in [6, 6.07) is 0.346. The van der Waals surface area contributed by atoms with Crippen molar-refractivity contribution >= 4 is 0 Å². The second-order valence-electron chi connectivity index (χ2n) is 3.76. The van der Waals surface area contributed by atoms with Crippen molar-refractivity contribution in [2.45, 2.75) is 25.8 Å². The number of nitrogens with zero attached hydrogens (tertiary/aromatic N) is 1. The molecule has 2 N–H and O–H groups in total. The molecule has 2 atom stereocenters. The molecular weight excluding hydrogens is 154 g/mol. The minimum absolute atomic E-state index is 0.245. The van der Waals surface area contributed by atoms with Gasteiger partial charge < -0.3 is 10.2 Å². The van der Waals surface area contributed by atoms with E-state index in [1.807, 2.05) is 6.92 Å². The van der Waals surface area contributed by atoms with E-state index in [-0.39, 0.29) is 13.2 Å². The fraction of sp³-hybridized carbons (Fsp3) is 1.00. The van der Waals surface area contributed by atoms with Crippen molar-refractivity contribution in [1.29, 1.82) is 0 Å². The summed E-state index contributed by atoms with van der Waals surface area (Å²) in [4.78, 5) is 2.28. The molecule has 0 radical (unpaired) electrons. The number of aliphatic hydroxyl groups excluding tert-OH is 2. The Morgan fingerprint density at radius 1 is 1.50 bits per heavy atom. The lowest BCUT2D eigenvalue weighted by Crippen LogP contribution is -2.36. The van der Waals surface area contributed by atoms with Crippen LogP contribution in [-0.2, 0) is 0 Å². The Labute approximate surface area is 74.0 Å². The molecule has 1 saturated heterocycles. The highest BCUT2D eigenvalue weighted by molar-refractivity contribution is 4.79. The summed E-state index contributed by atoms with van der Waals surface area (Å²) in [7, 11) is 0. The van der Waals surface area contributed by atoms with Gasteiger partial charge >= 0.3 is 0 Å². The van der Waals surface area contributed by atoms with Crippen LogP contribution in [0.15, 0.2) is 0 Å². The van der Waals surface area contributed by atoms with Gasteiger partial charge in [-0.15, -0.1) is 0 Å². The number of hydrogen-bond acceptors (Lipinski definition) is 3. The largest absolute Gasteiger partial charge is 0.396 e. The van der Waals surface area contributed by atoms with Crippen LogP contribution in [0.2, 0.25) is 0 Å². The summed E-state index contributed by atoms with van der Waals surface area (Å²) in [5, 5.41) is 17.9. The topological polar surface area (TPSA) is 43.7 Å². The van der Waals surface area contributed by atoms with Crippen molar-refractivity contribution in [3.63, 3.8) is 0 Å². The van der Waals surface area contributed by atoms with E-state index in [1.54, 1.807) is 0 Å². The number of likely N-dealkylation sites (tertiary alicyclic amines) is 1. The van der Waals surface area contributed by atoms with Crippen LogP contribution in [0.25, 0.3) is 0 Å². The summed E-state index contributed by atoms with van der Waals surface area (Å²) < 4.78 is 0. The van der Waals surface area contributed by atoms with E-state index in [1.165, 1.54) is 6.42 Å². The van der Waals surface area contributed by atoms with Crippen LogP contribution in [-0.4, -0.2) is 47.5 Å². The first-order valence-electron chi connectivity index (χ1n) is 4.73. The summed E-state index contributed by atoms with van der Waals surface area (Å²) in [6.07, 6.45) is 2.29. The van der Waals surface area contributed by atoms with Gasteiger partial charge in [-0.2, -0.15) is 0 Å². The van der Waals surface area contributed by atoms with E-state index in [9.17, 15) is 0 Å². The standard InChI is InChI=1S/C9H19NO2/c1-8(6-11)5-10-4-2-3-9(10)7-12/h8-9,11-12H,2-7H2,1H3. The average molecular weight is 173 g/mol. The van der Waals surface area contributed by atoms with Gasteiger partial charge in [-0.1, -0.05) is 6.92 Å². The smallest absolute Gasteiger partial charge is 0.0586 e. The first-order chi connectivity index (χ1) is 5.77. The zero-order chi connectivity index (χ0) is 8.97. The van der Waals surface area contributed by atoms with Crippen molar-refractivity contribution in [1.82, 2.24) is 4.90 Å². The monoisotopic (exact) mass is 173 g/mol. The third-order valence-corrected chi connectivity index (χ3v) is 2.57. The second kappa shape index (κ2) is 4.80. The number of hydrogen-bond donors (Lipinski definition) is 2. The fourth-order valence-electron chi connectivity index (χ4n) is 1.80. The molecule has 1 aliphatic rings. The number of aliphatic hydroxyl groups is 2. The highest BCUT2D eigenvalue weighted by Crippen LogP contribution is 2.17. The summed E-state index contributed by atoms with van der Waals surface area (Å²) in [5.41, 5.74) is 0. The van der Waals surface area contributed by atoms with E-state index in [4.69, 9.17) is 10.2 Å². The lowest BCUT2D eigenvalue weighted by molar-refractivity contribution is 0.124. The van der Waals surface area contributed by atoms with Crippen LogP contribution in [0.5, 0.6) is 0 Å². The second-order valence-corrected chi connectivity index (χ2v) is 3.76. The molecule has 3 nitrogen and oxygen atoms in total. The van der Waals surface area contributed by atoms with Crippen LogP contribution >= 0.6 is 0 Å². The van der Waals surface area contributed by atoms with E-state index < -0.39 is 0 Å². The summed E-state index contributed by atoms with van der Waals surface area (Å²) >= 11 is 0. The van der Waals surface area contributed by atoms with E-state index in [0.717, 1.165) is 19.5 Å². The maximum Gasteiger partial charge on any atom is 0.0586 e. The highest BCUT2D eigenvalue weighted by Gasteiger charge is 2.24. The first kappa shape index (κ1) is 9.96. The lowest BCUT2D eigenvalue weighted by atomic mass is 10.1. The van der Waals surface area contributed by atoms with Crippen molar-refractivity contribution in [2.75, 3.05) is 26.3 Å². The molecule has 2 unspecified atom stereocenters. The van der Waals surface area contributed by atoms with Crippen LogP contribution in [0.1, 0.15) is 19.8 Å². The molecule has 72 valence electrons. The van der Waals surface area contributed by atoms with Gasteiger partial charge in [0.05, 0.1) is 6.61 Å². The van der Waals surface area contributed by atoms with Crippen LogP contribution in [0.3, 0.4) is 0 Å². The van der Waals surface area contributed by atoms with Gasteiger partial charge in [-0.25, -0.2) is 0 Å². The molecule has 3 heteroatoms. The Hall–Kier alpha value is -0.120. The molecule has 0 amide bonds. The van der Waals surface area contributed by atoms with Crippen LogP contribution < -0.4 is 0 Å². The Kier molecular flexibility index (Phi) is 3.98. The van der Waals surface area contributed by atoms with Crippen molar-refractivity contribution in [3.8, 4) is 0 Å². The van der Waals surface area contributed by atoms with Gasteiger partial charge in [0.25, 0.3) is 0 Å². The third kappa shape index (κ3) is 2.44. The molecule has 1 rings (SSSR count). The maximum atomic E-state index is 9.02. The molecule has 1 fully saturated rings. The Bertz CT molecular complexity index is 130. The Morgan fingerprint density at radius 3 is 2.83 bits per heavy atom. The van der Waals surface area contributed by atoms with Gasteiger partial charge in [0, 0.05) is 19.2 Å². The molecule has 0 aromatic heterocycles. The molecule has 0 aliphatic carbocycles. The van der Waals surface area contributed by atoms with Crippen molar-refractivity contribution in [2.24, 2.45) is 5.92 Å². The molecule has 0 aromatic carbocycles. The third-order valence-electron chi connectivity index (χ3n) is 2.57. The molecule has 1 aliphatic heterocycles. The maximum absolute atomic E-state index is 9.02. The Morgan fingerprint density at radius 2 is 2.25 bits per heavy atom. The molecule has 0 saturated carbocycles. The minimum atomic E-state index is 0.245.